The quantitative estimate of drug-likeness (QED) is 0.170. The van der Waals surface area contributed by atoms with Gasteiger partial charge >= 0.3 is 13.7 Å². The van der Waals surface area contributed by atoms with E-state index in [1.54, 1.807) is 24.3 Å². The Morgan fingerprint density at radius 3 is 2.82 bits per heavy atom. The molecule has 0 saturated carbocycles. The predicted molar refractivity (Wildman–Crippen MR) is 138 cm³/mol. The van der Waals surface area contributed by atoms with E-state index in [4.69, 9.17) is 19.5 Å². The Balaban J connectivity index is 1.38. The SMILES string of the molecule is COC(=O)CNP(=O)(OC[C@H]1O[C@@H](c2cnc3c(N)ncnn23)[C@](C)(O)[C@@H]1O)Oc1cccc2ccccc12. The lowest BCUT2D eigenvalue weighted by molar-refractivity contribution is -0.139. The van der Waals surface area contributed by atoms with Crippen molar-refractivity contribution >= 4 is 36.0 Å². The van der Waals surface area contributed by atoms with Crippen molar-refractivity contribution in [3.63, 3.8) is 0 Å². The van der Waals surface area contributed by atoms with Crippen LogP contribution >= 0.6 is 7.75 Å². The molecule has 1 aliphatic rings. The monoisotopic (exact) mass is 558 g/mol. The van der Waals surface area contributed by atoms with E-state index in [9.17, 15) is 19.6 Å². The molecule has 5 N–H and O–H groups in total. The van der Waals surface area contributed by atoms with E-state index in [-0.39, 0.29) is 17.2 Å². The van der Waals surface area contributed by atoms with Gasteiger partial charge in [-0.1, -0.05) is 36.4 Å². The Morgan fingerprint density at radius 1 is 1.26 bits per heavy atom. The zero-order chi connectivity index (χ0) is 27.8. The summed E-state index contributed by atoms with van der Waals surface area (Å²) in [5.74, 6) is -0.332. The summed E-state index contributed by atoms with van der Waals surface area (Å²) in [6.07, 6.45) is -1.10. The van der Waals surface area contributed by atoms with Crippen LogP contribution in [0.5, 0.6) is 5.75 Å². The highest BCUT2D eigenvalue weighted by Crippen LogP contribution is 2.48. The van der Waals surface area contributed by atoms with Crippen molar-refractivity contribution in [3.05, 3.63) is 60.7 Å². The number of carbonyl (C=O) groups is 1. The van der Waals surface area contributed by atoms with E-state index in [2.05, 4.69) is 24.9 Å². The molecule has 4 aromatic rings. The van der Waals surface area contributed by atoms with E-state index >= 15 is 0 Å². The van der Waals surface area contributed by atoms with E-state index in [0.717, 1.165) is 5.39 Å². The van der Waals surface area contributed by atoms with Crippen molar-refractivity contribution in [2.75, 3.05) is 26.0 Å². The normalized spacial score (nSPS) is 24.6. The van der Waals surface area contributed by atoms with Crippen LogP contribution in [0.3, 0.4) is 0 Å². The van der Waals surface area contributed by atoms with Gasteiger partial charge in [-0.25, -0.2) is 24.1 Å². The summed E-state index contributed by atoms with van der Waals surface area (Å²) in [6.45, 7) is 0.432. The average Bonchev–Trinajstić information content (AvgIpc) is 3.45. The van der Waals surface area contributed by atoms with Gasteiger partial charge in [-0.15, -0.1) is 0 Å². The number of anilines is 1. The Kier molecular flexibility index (Phi) is 7.25. The number of carbonyl (C=O) groups excluding carboxylic acids is 1. The van der Waals surface area contributed by atoms with Gasteiger partial charge in [0.1, 0.15) is 42.5 Å². The fourth-order valence-electron chi connectivity index (χ4n) is 4.36. The van der Waals surface area contributed by atoms with Crippen molar-refractivity contribution in [1.29, 1.82) is 0 Å². The molecule has 0 amide bonds. The Bertz CT molecular complexity index is 1560. The molecule has 1 unspecified atom stereocenters. The molecule has 0 bridgehead atoms. The van der Waals surface area contributed by atoms with Crippen LogP contribution in [-0.4, -0.2) is 73.8 Å². The molecule has 5 rings (SSSR count). The number of imidazole rings is 1. The maximum absolute atomic E-state index is 13.8. The topological polar surface area (TPSA) is 193 Å². The number of rotatable bonds is 9. The molecule has 2 aromatic carbocycles. The molecule has 3 heterocycles. The first-order valence-electron chi connectivity index (χ1n) is 11.9. The summed E-state index contributed by atoms with van der Waals surface area (Å²) in [5.41, 5.74) is 4.60. The number of nitrogens with two attached hydrogens (primary N) is 1. The summed E-state index contributed by atoms with van der Waals surface area (Å²) < 4.78 is 37.2. The molecule has 0 aliphatic carbocycles. The number of hydrogen-bond donors (Lipinski definition) is 4. The number of aliphatic hydroxyl groups is 2. The van der Waals surface area contributed by atoms with Gasteiger partial charge in [-0.3, -0.25) is 9.32 Å². The first-order chi connectivity index (χ1) is 18.6. The maximum atomic E-state index is 13.8. The number of ether oxygens (including phenoxy) is 2. The summed E-state index contributed by atoms with van der Waals surface area (Å²) in [5, 5.41) is 30.2. The van der Waals surface area contributed by atoms with Gasteiger partial charge in [0.15, 0.2) is 11.5 Å². The highest BCUT2D eigenvalue weighted by molar-refractivity contribution is 7.52. The van der Waals surface area contributed by atoms with E-state index in [1.165, 1.54) is 31.1 Å². The molecule has 0 spiro atoms. The molecule has 39 heavy (non-hydrogen) atoms. The number of methoxy groups -OCH3 is 1. The number of fused-ring (bicyclic) bond motifs is 2. The minimum Gasteiger partial charge on any atom is -0.468 e. The van der Waals surface area contributed by atoms with Crippen molar-refractivity contribution in [2.24, 2.45) is 0 Å². The van der Waals surface area contributed by atoms with Crippen LogP contribution in [0.4, 0.5) is 5.82 Å². The van der Waals surface area contributed by atoms with Gasteiger partial charge in [0, 0.05) is 5.39 Å². The van der Waals surface area contributed by atoms with Crippen molar-refractivity contribution in [1.82, 2.24) is 24.7 Å². The number of aromatic nitrogens is 4. The fraction of sp³-hybridized carbons (Fsp3) is 0.333. The van der Waals surface area contributed by atoms with Crippen LogP contribution in [0, 0.1) is 0 Å². The minimum absolute atomic E-state index is 0.123. The third-order valence-electron chi connectivity index (χ3n) is 6.44. The molecule has 1 saturated heterocycles. The second-order valence-electron chi connectivity index (χ2n) is 9.06. The van der Waals surface area contributed by atoms with Crippen molar-refractivity contribution in [2.45, 2.75) is 30.8 Å². The third kappa shape index (κ3) is 5.17. The van der Waals surface area contributed by atoms with Crippen molar-refractivity contribution in [3.8, 4) is 5.75 Å². The third-order valence-corrected chi connectivity index (χ3v) is 7.91. The van der Waals surface area contributed by atoms with Crippen LogP contribution in [-0.2, 0) is 23.4 Å². The average molecular weight is 558 g/mol. The standard InChI is InChI=1S/C24H27N6O8P/c1-24(33)20(32)18(37-21(24)16-10-26-23-22(25)27-13-28-30(16)23)12-36-39(34,29-11-19(31)35-2)38-17-9-5-7-14-6-3-4-8-15(14)17/h3-10,13,18,20-21,32-33H,11-12H2,1-2H3,(H,29,34)(H2,25,27,28)/t18-,20-,21+,24-,39?/m1/s1. The highest BCUT2D eigenvalue weighted by Gasteiger charge is 2.54. The highest BCUT2D eigenvalue weighted by atomic mass is 31.2. The fourth-order valence-corrected chi connectivity index (χ4v) is 5.66. The van der Waals surface area contributed by atoms with Gasteiger partial charge in [0.2, 0.25) is 0 Å². The van der Waals surface area contributed by atoms with E-state index in [0.29, 0.717) is 11.1 Å². The van der Waals surface area contributed by atoms with E-state index in [1.807, 2.05) is 18.2 Å². The largest absolute Gasteiger partial charge is 0.468 e. The minimum atomic E-state index is -4.24. The number of benzene rings is 2. The molecule has 0 radical (unpaired) electrons. The molecule has 1 aliphatic heterocycles. The molecule has 15 heteroatoms. The molecular weight excluding hydrogens is 531 g/mol. The number of hydrogen-bond acceptors (Lipinski definition) is 12. The predicted octanol–water partition coefficient (Wildman–Crippen LogP) is 1.38. The lowest BCUT2D eigenvalue weighted by Gasteiger charge is -2.26. The molecule has 2 aromatic heterocycles. The van der Waals surface area contributed by atoms with Crippen LogP contribution in [0.2, 0.25) is 0 Å². The number of esters is 1. The van der Waals surface area contributed by atoms with Gasteiger partial charge in [-0.05, 0) is 18.4 Å². The van der Waals surface area contributed by atoms with Crippen LogP contribution in [0.1, 0.15) is 18.7 Å². The number of nitrogens with zero attached hydrogens (tertiary/aromatic N) is 4. The smallest absolute Gasteiger partial charge is 0.459 e. The first kappa shape index (κ1) is 26.9. The van der Waals surface area contributed by atoms with Crippen LogP contribution in [0.25, 0.3) is 16.4 Å². The number of aliphatic hydroxyl groups excluding tert-OH is 1. The number of nitrogen functional groups attached to an aromatic ring is 1. The second-order valence-corrected chi connectivity index (χ2v) is 10.8. The van der Waals surface area contributed by atoms with Gasteiger partial charge in [0.25, 0.3) is 0 Å². The molecule has 206 valence electrons. The Morgan fingerprint density at radius 2 is 2.03 bits per heavy atom. The molecule has 5 atom stereocenters. The lowest BCUT2D eigenvalue weighted by Crippen LogP contribution is -2.43. The Labute approximate surface area is 222 Å². The van der Waals surface area contributed by atoms with E-state index < -0.39 is 50.8 Å². The lowest BCUT2D eigenvalue weighted by atomic mass is 9.91. The summed E-state index contributed by atoms with van der Waals surface area (Å²) in [4.78, 5) is 19.8. The van der Waals surface area contributed by atoms with Gasteiger partial charge < -0.3 is 29.9 Å². The zero-order valence-corrected chi connectivity index (χ0v) is 21.9. The zero-order valence-electron chi connectivity index (χ0n) is 21.0. The van der Waals surface area contributed by atoms with Crippen molar-refractivity contribution < 1.29 is 38.1 Å². The summed E-state index contributed by atoms with van der Waals surface area (Å²) >= 11 is 0. The molecular formula is C24H27N6O8P. The number of nitrogens with one attached hydrogen (secondary N) is 1. The summed E-state index contributed by atoms with van der Waals surface area (Å²) in [7, 11) is -3.05. The second kappa shape index (κ2) is 10.5. The van der Waals surface area contributed by atoms with Gasteiger partial charge in [-0.2, -0.15) is 5.10 Å². The Hall–Kier alpha value is -3.65. The first-order valence-corrected chi connectivity index (χ1v) is 13.4. The van der Waals surface area contributed by atoms with Crippen LogP contribution in [0.15, 0.2) is 55.0 Å². The summed E-state index contributed by atoms with van der Waals surface area (Å²) in [6, 6.07) is 12.5. The molecule has 14 nitrogen and oxygen atoms in total. The molecule has 1 fully saturated rings. The van der Waals surface area contributed by atoms with Gasteiger partial charge in [0.05, 0.1) is 25.6 Å². The maximum Gasteiger partial charge on any atom is 0.459 e. The van der Waals surface area contributed by atoms with Crippen LogP contribution < -0.4 is 15.3 Å².